The lowest BCUT2D eigenvalue weighted by molar-refractivity contribution is -0.153. The molecule has 0 spiro atoms. The highest BCUT2D eigenvalue weighted by atomic mass is 35.5. The van der Waals surface area contributed by atoms with Gasteiger partial charge in [-0.2, -0.15) is 0 Å². The van der Waals surface area contributed by atoms with Crippen LogP contribution in [0.15, 0.2) is 48.5 Å². The third-order valence-corrected chi connectivity index (χ3v) is 3.90. The highest BCUT2D eigenvalue weighted by Gasteiger charge is 2.20. The number of Topliss-reactive ketones (excluding diaryl/α,β-unsaturated/α-hetero) is 1. The Labute approximate surface area is 169 Å². The number of hydrogen-bond donors (Lipinski definition) is 1. The van der Waals surface area contributed by atoms with Gasteiger partial charge in [-0.25, -0.2) is 4.79 Å². The summed E-state index contributed by atoms with van der Waals surface area (Å²) in [5.41, 5.74) is 0.746. The van der Waals surface area contributed by atoms with Crippen molar-refractivity contribution in [2.75, 3.05) is 13.2 Å². The zero-order valence-corrected chi connectivity index (χ0v) is 16.5. The van der Waals surface area contributed by atoms with E-state index in [0.717, 1.165) is 5.56 Å². The van der Waals surface area contributed by atoms with Crippen LogP contribution in [0.25, 0.3) is 0 Å². The minimum absolute atomic E-state index is 0.120. The molecule has 0 aliphatic carbocycles. The number of ketones is 1. The molecule has 0 bridgehead atoms. The lowest BCUT2D eigenvalue weighted by Gasteiger charge is -2.17. The number of aliphatic carboxylic acids is 1. The summed E-state index contributed by atoms with van der Waals surface area (Å²) in [5, 5.41) is 9.86. The van der Waals surface area contributed by atoms with E-state index in [1.165, 1.54) is 0 Å². The summed E-state index contributed by atoms with van der Waals surface area (Å²) in [4.78, 5) is 23.3. The highest BCUT2D eigenvalue weighted by Crippen LogP contribution is 2.17. The molecule has 2 aromatic rings. The first-order chi connectivity index (χ1) is 13.3. The maximum atomic E-state index is 12.0. The zero-order chi connectivity index (χ0) is 20.5. The van der Waals surface area contributed by atoms with Crippen LogP contribution in [0.5, 0.6) is 11.5 Å². The van der Waals surface area contributed by atoms with E-state index in [9.17, 15) is 14.7 Å². The predicted molar refractivity (Wildman–Crippen MR) is 105 cm³/mol. The van der Waals surface area contributed by atoms with Gasteiger partial charge in [0.2, 0.25) is 5.78 Å². The SMILES string of the molecule is CC(C)O[C@@H](Cc1cccc(OCC(=O)COc2ccc(Cl)cc2)c1)C(=O)O. The minimum atomic E-state index is -1.02. The molecule has 7 heteroatoms. The number of hydrogen-bond acceptors (Lipinski definition) is 5. The summed E-state index contributed by atoms with van der Waals surface area (Å²) in [5.74, 6) is -0.225. The second-order valence-electron chi connectivity index (χ2n) is 6.43. The van der Waals surface area contributed by atoms with Gasteiger partial charge in [-0.1, -0.05) is 23.7 Å². The predicted octanol–water partition coefficient (Wildman–Crippen LogP) is 3.79. The van der Waals surface area contributed by atoms with Gasteiger partial charge >= 0.3 is 5.97 Å². The molecule has 2 rings (SSSR count). The molecular formula is C21H23ClO6. The van der Waals surface area contributed by atoms with Gasteiger partial charge in [0.25, 0.3) is 0 Å². The fraction of sp³-hybridized carbons (Fsp3) is 0.333. The van der Waals surface area contributed by atoms with E-state index in [-0.39, 0.29) is 31.5 Å². The second kappa shape index (κ2) is 10.7. The van der Waals surface area contributed by atoms with Crippen molar-refractivity contribution < 1.29 is 28.9 Å². The molecule has 0 fully saturated rings. The van der Waals surface area contributed by atoms with E-state index < -0.39 is 12.1 Å². The summed E-state index contributed by atoms with van der Waals surface area (Å²) in [6.07, 6.45) is -0.929. The Bertz CT molecular complexity index is 788. The molecule has 0 heterocycles. The molecular weight excluding hydrogens is 384 g/mol. The monoisotopic (exact) mass is 406 g/mol. The molecule has 0 aliphatic heterocycles. The van der Waals surface area contributed by atoms with E-state index in [4.69, 9.17) is 25.8 Å². The van der Waals surface area contributed by atoms with Crippen molar-refractivity contribution in [2.24, 2.45) is 0 Å². The van der Waals surface area contributed by atoms with Crippen molar-refractivity contribution in [3.63, 3.8) is 0 Å². The van der Waals surface area contributed by atoms with Crippen LogP contribution in [0.3, 0.4) is 0 Å². The van der Waals surface area contributed by atoms with Gasteiger partial charge in [-0.05, 0) is 55.8 Å². The third kappa shape index (κ3) is 7.58. The Morgan fingerprint density at radius 3 is 2.25 bits per heavy atom. The van der Waals surface area contributed by atoms with Crippen LogP contribution in [-0.2, 0) is 20.7 Å². The first-order valence-corrected chi connectivity index (χ1v) is 9.21. The topological polar surface area (TPSA) is 82.1 Å². The van der Waals surface area contributed by atoms with Crippen molar-refractivity contribution in [2.45, 2.75) is 32.5 Å². The normalized spacial score (nSPS) is 11.9. The van der Waals surface area contributed by atoms with Gasteiger partial charge in [0.1, 0.15) is 24.7 Å². The van der Waals surface area contributed by atoms with Gasteiger partial charge in [0, 0.05) is 11.4 Å². The quantitative estimate of drug-likeness (QED) is 0.611. The minimum Gasteiger partial charge on any atom is -0.486 e. The van der Waals surface area contributed by atoms with Crippen molar-refractivity contribution in [3.05, 3.63) is 59.1 Å². The molecule has 0 unspecified atom stereocenters. The number of carbonyl (C=O) groups is 2. The van der Waals surface area contributed by atoms with Crippen LogP contribution >= 0.6 is 11.6 Å². The van der Waals surface area contributed by atoms with Crippen molar-refractivity contribution in [3.8, 4) is 11.5 Å². The number of rotatable bonds is 11. The number of carbonyl (C=O) groups excluding carboxylic acids is 1. The number of benzene rings is 2. The fourth-order valence-electron chi connectivity index (χ4n) is 2.40. The molecule has 1 atom stereocenters. The molecule has 6 nitrogen and oxygen atoms in total. The first kappa shape index (κ1) is 21.7. The smallest absolute Gasteiger partial charge is 0.333 e. The van der Waals surface area contributed by atoms with Crippen molar-refractivity contribution >= 4 is 23.4 Å². The molecule has 150 valence electrons. The number of halogens is 1. The summed E-state index contributed by atoms with van der Waals surface area (Å²) in [6.45, 7) is 3.30. The number of ether oxygens (including phenoxy) is 3. The van der Waals surface area contributed by atoms with E-state index in [1.807, 2.05) is 0 Å². The van der Waals surface area contributed by atoms with E-state index in [2.05, 4.69) is 0 Å². The van der Waals surface area contributed by atoms with E-state index in [1.54, 1.807) is 62.4 Å². The molecule has 0 aromatic heterocycles. The van der Waals surface area contributed by atoms with Crippen LogP contribution in [0, 0.1) is 0 Å². The molecule has 0 radical (unpaired) electrons. The maximum Gasteiger partial charge on any atom is 0.333 e. The second-order valence-corrected chi connectivity index (χ2v) is 6.87. The van der Waals surface area contributed by atoms with Crippen LogP contribution in [0.1, 0.15) is 19.4 Å². The van der Waals surface area contributed by atoms with Crippen LogP contribution in [0.4, 0.5) is 0 Å². The van der Waals surface area contributed by atoms with Gasteiger partial charge in [-0.3, -0.25) is 4.79 Å². The Balaban J connectivity index is 1.85. The van der Waals surface area contributed by atoms with Gasteiger partial charge in [-0.15, -0.1) is 0 Å². The largest absolute Gasteiger partial charge is 0.486 e. The summed E-state index contributed by atoms with van der Waals surface area (Å²) < 4.78 is 16.3. The molecule has 2 aromatic carbocycles. The lowest BCUT2D eigenvalue weighted by Crippen LogP contribution is -2.29. The Hall–Kier alpha value is -2.57. The van der Waals surface area contributed by atoms with Crippen molar-refractivity contribution in [1.29, 1.82) is 0 Å². The molecule has 0 amide bonds. The Morgan fingerprint density at radius 1 is 1.00 bits per heavy atom. The maximum absolute atomic E-state index is 12.0. The van der Waals surface area contributed by atoms with E-state index in [0.29, 0.717) is 16.5 Å². The van der Waals surface area contributed by atoms with Crippen LogP contribution in [0.2, 0.25) is 5.02 Å². The molecule has 28 heavy (non-hydrogen) atoms. The van der Waals surface area contributed by atoms with Crippen LogP contribution < -0.4 is 9.47 Å². The van der Waals surface area contributed by atoms with Gasteiger partial charge in [0.05, 0.1) is 6.10 Å². The highest BCUT2D eigenvalue weighted by molar-refractivity contribution is 6.30. The third-order valence-electron chi connectivity index (χ3n) is 3.64. The average molecular weight is 407 g/mol. The Morgan fingerprint density at radius 2 is 1.64 bits per heavy atom. The standard InChI is InChI=1S/C21H23ClO6/c1-14(2)28-20(21(24)25)11-15-4-3-5-19(10-15)27-13-17(23)12-26-18-8-6-16(22)7-9-18/h3-10,14,20H,11-13H2,1-2H3,(H,24,25)/t20-/m0/s1. The molecule has 0 saturated carbocycles. The fourth-order valence-corrected chi connectivity index (χ4v) is 2.52. The van der Waals surface area contributed by atoms with Crippen LogP contribution in [-0.4, -0.2) is 42.3 Å². The number of carboxylic acid groups (broad SMARTS) is 1. The molecule has 0 aliphatic rings. The average Bonchev–Trinajstić information content (AvgIpc) is 2.65. The summed E-state index contributed by atoms with van der Waals surface area (Å²) >= 11 is 5.80. The molecule has 0 saturated heterocycles. The van der Waals surface area contributed by atoms with Gasteiger partial charge in [0.15, 0.2) is 6.10 Å². The summed E-state index contributed by atoms with van der Waals surface area (Å²) in [6, 6.07) is 13.7. The first-order valence-electron chi connectivity index (χ1n) is 8.83. The Kier molecular flexibility index (Phi) is 8.29. The van der Waals surface area contributed by atoms with Crippen molar-refractivity contribution in [1.82, 2.24) is 0 Å². The lowest BCUT2D eigenvalue weighted by atomic mass is 10.1. The van der Waals surface area contributed by atoms with Gasteiger partial charge < -0.3 is 19.3 Å². The summed E-state index contributed by atoms with van der Waals surface area (Å²) in [7, 11) is 0. The number of carboxylic acids is 1. The molecule has 1 N–H and O–H groups in total. The zero-order valence-electron chi connectivity index (χ0n) is 15.8. The van der Waals surface area contributed by atoms with E-state index >= 15 is 0 Å².